The Hall–Kier alpha value is -2.93. The maximum atomic E-state index is 12.9. The summed E-state index contributed by atoms with van der Waals surface area (Å²) >= 11 is 0. The van der Waals surface area contributed by atoms with Crippen molar-refractivity contribution in [3.63, 3.8) is 0 Å². The van der Waals surface area contributed by atoms with Gasteiger partial charge in [-0.05, 0) is 48.6 Å². The van der Waals surface area contributed by atoms with E-state index < -0.39 is 12.2 Å². The van der Waals surface area contributed by atoms with Gasteiger partial charge < -0.3 is 19.6 Å². The number of carbonyl (C=O) groups is 1. The number of hydrogen-bond acceptors (Lipinski definition) is 6. The number of hydrogen-bond donors (Lipinski definition) is 1. The van der Waals surface area contributed by atoms with Crippen LogP contribution in [0, 0.1) is 5.92 Å². The Labute approximate surface area is 176 Å². The minimum absolute atomic E-state index is 0.0192. The highest BCUT2D eigenvalue weighted by Crippen LogP contribution is 2.30. The van der Waals surface area contributed by atoms with Crippen LogP contribution >= 0.6 is 0 Å². The fraction of sp³-hybridized carbons (Fsp3) is 0.435. The Bertz CT molecular complexity index is 877. The number of aliphatic hydroxyl groups excluding tert-OH is 1. The van der Waals surface area contributed by atoms with Gasteiger partial charge in [0.05, 0.1) is 24.6 Å². The van der Waals surface area contributed by atoms with Crippen LogP contribution in [0.1, 0.15) is 36.6 Å². The van der Waals surface area contributed by atoms with Crippen LogP contribution in [0.4, 0.5) is 0 Å². The molecule has 0 saturated carbocycles. The highest BCUT2D eigenvalue weighted by atomic mass is 16.6. The van der Waals surface area contributed by atoms with E-state index in [-0.39, 0.29) is 11.8 Å². The molecule has 158 valence electrons. The molecule has 1 saturated heterocycles. The van der Waals surface area contributed by atoms with Crippen molar-refractivity contribution < 1.29 is 19.5 Å². The molecule has 30 heavy (non-hydrogen) atoms. The van der Waals surface area contributed by atoms with Crippen LogP contribution in [0.2, 0.25) is 0 Å². The monoisotopic (exact) mass is 409 g/mol. The normalized spacial score (nSPS) is 20.4. The molecule has 2 unspecified atom stereocenters. The number of piperidine rings is 1. The van der Waals surface area contributed by atoms with Crippen LogP contribution in [0.25, 0.3) is 0 Å². The molecule has 2 aromatic rings. The van der Waals surface area contributed by atoms with Crippen LogP contribution in [-0.2, 0) is 16.1 Å². The molecule has 0 aliphatic carbocycles. The Morgan fingerprint density at radius 3 is 2.67 bits per heavy atom. The van der Waals surface area contributed by atoms with Crippen LogP contribution in [-0.4, -0.2) is 52.9 Å². The number of rotatable bonds is 6. The second kappa shape index (κ2) is 9.26. The van der Waals surface area contributed by atoms with E-state index in [1.165, 1.54) is 0 Å². The molecule has 2 aliphatic rings. The molecule has 3 heterocycles. The summed E-state index contributed by atoms with van der Waals surface area (Å²) in [6, 6.07) is 13.4. The summed E-state index contributed by atoms with van der Waals surface area (Å²) in [7, 11) is 1.64. The van der Waals surface area contributed by atoms with Crippen molar-refractivity contribution in [2.45, 2.75) is 37.9 Å². The van der Waals surface area contributed by atoms with Gasteiger partial charge in [-0.1, -0.05) is 23.4 Å². The van der Waals surface area contributed by atoms with E-state index >= 15 is 0 Å². The molecule has 1 N–H and O–H groups in total. The van der Waals surface area contributed by atoms with E-state index in [0.717, 1.165) is 29.9 Å². The first-order chi connectivity index (χ1) is 14.6. The zero-order valence-corrected chi connectivity index (χ0v) is 17.1. The van der Waals surface area contributed by atoms with Crippen molar-refractivity contribution in [2.24, 2.45) is 11.1 Å². The minimum Gasteiger partial charge on any atom is -0.497 e. The third-order valence-corrected chi connectivity index (χ3v) is 5.86. The van der Waals surface area contributed by atoms with Gasteiger partial charge in [0.15, 0.2) is 0 Å². The molecule has 2 atom stereocenters. The van der Waals surface area contributed by atoms with Crippen molar-refractivity contribution in [1.29, 1.82) is 0 Å². The average molecular weight is 409 g/mol. The third-order valence-electron chi connectivity index (χ3n) is 5.86. The van der Waals surface area contributed by atoms with Gasteiger partial charge in [0.25, 0.3) is 5.91 Å². The maximum absolute atomic E-state index is 12.9. The number of carbonyl (C=O) groups excluding carboxylic acids is 1. The number of aromatic nitrogens is 1. The summed E-state index contributed by atoms with van der Waals surface area (Å²) < 4.78 is 5.18. The molecule has 7 heteroatoms. The fourth-order valence-electron chi connectivity index (χ4n) is 4.07. The van der Waals surface area contributed by atoms with E-state index in [0.29, 0.717) is 31.6 Å². The molecular formula is C23H27N3O4. The summed E-state index contributed by atoms with van der Waals surface area (Å²) in [6.45, 7) is 1.22. The zero-order chi connectivity index (χ0) is 20.9. The molecule has 1 fully saturated rings. The number of methoxy groups -OCH3 is 1. The molecular weight excluding hydrogens is 382 g/mol. The lowest BCUT2D eigenvalue weighted by Crippen LogP contribution is -2.44. The highest BCUT2D eigenvalue weighted by Gasteiger charge is 2.35. The van der Waals surface area contributed by atoms with E-state index in [1.807, 2.05) is 47.4 Å². The number of nitrogens with zero attached hydrogens (tertiary/aromatic N) is 3. The Morgan fingerprint density at radius 1 is 1.23 bits per heavy atom. The lowest BCUT2D eigenvalue weighted by atomic mass is 9.89. The predicted octanol–water partition coefficient (Wildman–Crippen LogP) is 2.75. The number of benzene rings is 1. The van der Waals surface area contributed by atoms with E-state index in [1.54, 1.807) is 13.3 Å². The average Bonchev–Trinajstić information content (AvgIpc) is 3.28. The number of amides is 1. The summed E-state index contributed by atoms with van der Waals surface area (Å²) in [5, 5.41) is 14.7. The van der Waals surface area contributed by atoms with Gasteiger partial charge in [0.2, 0.25) is 6.10 Å². The number of ether oxygens (including phenoxy) is 1. The summed E-state index contributed by atoms with van der Waals surface area (Å²) in [6.07, 6.45) is 3.22. The second-order valence-electron chi connectivity index (χ2n) is 7.84. The molecule has 1 amide bonds. The lowest BCUT2D eigenvalue weighted by Gasteiger charge is -2.34. The van der Waals surface area contributed by atoms with Crippen molar-refractivity contribution in [3.05, 3.63) is 59.9 Å². The number of oxime groups is 1. The van der Waals surface area contributed by atoms with E-state index in [4.69, 9.17) is 9.57 Å². The summed E-state index contributed by atoms with van der Waals surface area (Å²) in [5.74, 6) is 0.901. The molecule has 7 nitrogen and oxygen atoms in total. The van der Waals surface area contributed by atoms with Crippen LogP contribution in [0.15, 0.2) is 53.8 Å². The largest absolute Gasteiger partial charge is 0.497 e. The molecule has 0 spiro atoms. The Morgan fingerprint density at radius 2 is 2.00 bits per heavy atom. The Kier molecular flexibility index (Phi) is 6.28. The van der Waals surface area contributed by atoms with Crippen molar-refractivity contribution in [3.8, 4) is 5.75 Å². The number of aliphatic hydroxyl groups is 1. The number of pyridine rings is 1. The maximum Gasteiger partial charge on any atom is 0.266 e. The fourth-order valence-corrected chi connectivity index (χ4v) is 4.07. The molecule has 0 radical (unpaired) electrons. The summed E-state index contributed by atoms with van der Waals surface area (Å²) in [4.78, 5) is 24.4. The summed E-state index contributed by atoms with van der Waals surface area (Å²) in [5.41, 5.74) is 2.67. The SMILES string of the molecule is COc1ccc(CC2=NOC(C(=O)N3CCC(C(O)c4ccccn4)CC3)C2)cc1. The highest BCUT2D eigenvalue weighted by molar-refractivity contribution is 5.94. The van der Waals surface area contributed by atoms with E-state index in [9.17, 15) is 9.90 Å². The number of likely N-dealkylation sites (tertiary alicyclic amines) is 1. The predicted molar refractivity (Wildman–Crippen MR) is 112 cm³/mol. The van der Waals surface area contributed by atoms with Gasteiger partial charge in [0, 0.05) is 32.1 Å². The standard InChI is InChI=1S/C23H27N3O4/c1-29-19-7-5-16(6-8-19)14-18-15-21(30-25-18)23(28)26-12-9-17(10-13-26)22(27)20-4-2-3-11-24-20/h2-8,11,17,21-22,27H,9-10,12-15H2,1H3. The first-order valence-electron chi connectivity index (χ1n) is 10.4. The van der Waals surface area contributed by atoms with Gasteiger partial charge in [0.1, 0.15) is 5.75 Å². The smallest absolute Gasteiger partial charge is 0.266 e. The first-order valence-corrected chi connectivity index (χ1v) is 10.4. The molecule has 1 aromatic heterocycles. The van der Waals surface area contributed by atoms with Crippen LogP contribution in [0.5, 0.6) is 5.75 Å². The first kappa shape index (κ1) is 20.3. The topological polar surface area (TPSA) is 84.2 Å². The quantitative estimate of drug-likeness (QED) is 0.793. The van der Waals surface area contributed by atoms with Gasteiger partial charge in [-0.3, -0.25) is 9.78 Å². The van der Waals surface area contributed by atoms with E-state index in [2.05, 4.69) is 10.1 Å². The molecule has 4 rings (SSSR count). The van der Waals surface area contributed by atoms with Gasteiger partial charge >= 0.3 is 0 Å². The van der Waals surface area contributed by atoms with Crippen molar-refractivity contribution >= 4 is 11.6 Å². The van der Waals surface area contributed by atoms with Crippen LogP contribution in [0.3, 0.4) is 0 Å². The lowest BCUT2D eigenvalue weighted by molar-refractivity contribution is -0.144. The van der Waals surface area contributed by atoms with Gasteiger partial charge in [-0.25, -0.2) is 0 Å². The minimum atomic E-state index is -0.592. The van der Waals surface area contributed by atoms with Gasteiger partial charge in [-0.2, -0.15) is 0 Å². The van der Waals surface area contributed by atoms with Crippen molar-refractivity contribution in [2.75, 3.05) is 20.2 Å². The molecule has 2 aliphatic heterocycles. The van der Waals surface area contributed by atoms with Crippen LogP contribution < -0.4 is 4.74 Å². The van der Waals surface area contributed by atoms with Gasteiger partial charge in [-0.15, -0.1) is 0 Å². The second-order valence-corrected chi connectivity index (χ2v) is 7.84. The molecule has 0 bridgehead atoms. The van der Waals surface area contributed by atoms with Crippen molar-refractivity contribution in [1.82, 2.24) is 9.88 Å². The molecule has 1 aromatic carbocycles. The third kappa shape index (κ3) is 4.62. The Balaban J connectivity index is 1.26. The zero-order valence-electron chi connectivity index (χ0n) is 17.1.